The SMILES string of the molecule is Cc1cc(-c2noc(-c3sc(C)c4c3C[C@@H]3[C@H]4C3(C)C)n2)cc(C)c1OCCCNC(C)C. The largest absolute Gasteiger partial charge is 0.493 e. The van der Waals surface area contributed by atoms with Crippen molar-refractivity contribution in [1.29, 1.82) is 0 Å². The molecule has 1 aromatic carbocycles. The van der Waals surface area contributed by atoms with Crippen LogP contribution in [-0.2, 0) is 6.42 Å². The van der Waals surface area contributed by atoms with E-state index in [4.69, 9.17) is 14.2 Å². The summed E-state index contributed by atoms with van der Waals surface area (Å²) in [6.45, 7) is 17.2. The van der Waals surface area contributed by atoms with Crippen molar-refractivity contribution in [3.63, 3.8) is 0 Å². The second-order valence-corrected chi connectivity index (χ2v) is 11.9. The molecular formula is C27H35N3O2S. The van der Waals surface area contributed by atoms with Gasteiger partial charge < -0.3 is 14.6 Å². The molecule has 0 radical (unpaired) electrons. The molecule has 2 aromatic heterocycles. The molecular weight excluding hydrogens is 430 g/mol. The van der Waals surface area contributed by atoms with Crippen molar-refractivity contribution in [3.05, 3.63) is 39.3 Å². The maximum absolute atomic E-state index is 6.10. The van der Waals surface area contributed by atoms with Crippen LogP contribution >= 0.6 is 11.3 Å². The second kappa shape index (κ2) is 8.24. The predicted octanol–water partition coefficient (Wildman–Crippen LogP) is 6.45. The molecule has 2 atom stereocenters. The van der Waals surface area contributed by atoms with Crippen LogP contribution in [0.15, 0.2) is 16.7 Å². The Bertz CT molecular complexity index is 1170. The van der Waals surface area contributed by atoms with Gasteiger partial charge in [-0.3, -0.25) is 0 Å². The van der Waals surface area contributed by atoms with Gasteiger partial charge in [0.2, 0.25) is 5.82 Å². The lowest BCUT2D eigenvalue weighted by Crippen LogP contribution is -2.24. The van der Waals surface area contributed by atoms with Gasteiger partial charge in [0.15, 0.2) is 0 Å². The molecule has 2 aliphatic rings. The molecule has 6 heteroatoms. The molecule has 0 unspecified atom stereocenters. The topological polar surface area (TPSA) is 60.2 Å². The summed E-state index contributed by atoms with van der Waals surface area (Å²) in [5, 5.41) is 7.77. The van der Waals surface area contributed by atoms with Crippen LogP contribution in [0.3, 0.4) is 0 Å². The molecule has 1 saturated carbocycles. The highest BCUT2D eigenvalue weighted by atomic mass is 32.1. The fraction of sp³-hybridized carbons (Fsp3) is 0.556. The molecule has 33 heavy (non-hydrogen) atoms. The van der Waals surface area contributed by atoms with Crippen molar-refractivity contribution >= 4 is 11.3 Å². The molecule has 1 N–H and O–H groups in total. The Morgan fingerprint density at radius 3 is 2.64 bits per heavy atom. The summed E-state index contributed by atoms with van der Waals surface area (Å²) in [6, 6.07) is 4.71. The molecule has 0 aliphatic heterocycles. The minimum atomic E-state index is 0.444. The third kappa shape index (κ3) is 3.91. The number of ether oxygens (including phenoxy) is 1. The minimum Gasteiger partial charge on any atom is -0.493 e. The number of benzene rings is 1. The van der Waals surface area contributed by atoms with Crippen LogP contribution in [0.25, 0.3) is 22.2 Å². The molecule has 3 aromatic rings. The summed E-state index contributed by atoms with van der Waals surface area (Å²) in [6.07, 6.45) is 2.12. The summed E-state index contributed by atoms with van der Waals surface area (Å²) in [5.41, 5.74) is 6.63. The van der Waals surface area contributed by atoms with Crippen LogP contribution in [0.4, 0.5) is 0 Å². The van der Waals surface area contributed by atoms with Crippen LogP contribution in [0.2, 0.25) is 0 Å². The van der Waals surface area contributed by atoms with Gasteiger partial charge in [0, 0.05) is 16.5 Å². The molecule has 0 saturated heterocycles. The summed E-state index contributed by atoms with van der Waals surface area (Å²) in [7, 11) is 0. The summed E-state index contributed by atoms with van der Waals surface area (Å²) in [5.74, 6) is 3.74. The van der Waals surface area contributed by atoms with E-state index in [2.05, 4.69) is 71.1 Å². The first-order valence-corrected chi connectivity index (χ1v) is 12.9. The van der Waals surface area contributed by atoms with Gasteiger partial charge in [-0.25, -0.2) is 0 Å². The van der Waals surface area contributed by atoms with Gasteiger partial charge in [0.1, 0.15) is 5.75 Å². The third-order valence-electron chi connectivity index (χ3n) is 7.48. The maximum atomic E-state index is 6.10. The normalized spacial score (nSPS) is 20.2. The van der Waals surface area contributed by atoms with Gasteiger partial charge in [0.05, 0.1) is 11.5 Å². The zero-order chi connectivity index (χ0) is 23.5. The van der Waals surface area contributed by atoms with Crippen molar-refractivity contribution in [1.82, 2.24) is 15.5 Å². The highest BCUT2D eigenvalue weighted by Crippen LogP contribution is 2.72. The van der Waals surface area contributed by atoms with Gasteiger partial charge in [-0.05, 0) is 91.8 Å². The molecule has 0 amide bonds. The standard InChI is InChI=1S/C27H35N3O2S/c1-14(2)28-9-8-10-31-23-15(3)11-18(12-16(23)4)25-29-26(32-30-25)24-19-13-20-22(27(20,6)7)21(19)17(5)33-24/h11-12,14,20,22,28H,8-10,13H2,1-7H3/t20-,22-/m1/s1. The van der Waals surface area contributed by atoms with E-state index in [0.29, 0.717) is 35.7 Å². The highest BCUT2D eigenvalue weighted by molar-refractivity contribution is 7.15. The zero-order valence-electron chi connectivity index (χ0n) is 20.8. The number of hydrogen-bond acceptors (Lipinski definition) is 6. The van der Waals surface area contributed by atoms with Gasteiger partial charge in [-0.15, -0.1) is 11.3 Å². The molecule has 0 bridgehead atoms. The fourth-order valence-electron chi connectivity index (χ4n) is 5.68. The predicted molar refractivity (Wildman–Crippen MR) is 134 cm³/mol. The van der Waals surface area contributed by atoms with E-state index in [9.17, 15) is 0 Å². The second-order valence-electron chi connectivity index (χ2n) is 10.7. The fourth-order valence-corrected chi connectivity index (χ4v) is 6.83. The number of aryl methyl sites for hydroxylation is 3. The van der Waals surface area contributed by atoms with Crippen molar-refractivity contribution in [3.8, 4) is 27.9 Å². The van der Waals surface area contributed by atoms with E-state index in [-0.39, 0.29) is 0 Å². The number of rotatable bonds is 8. The van der Waals surface area contributed by atoms with Gasteiger partial charge in [0.25, 0.3) is 5.89 Å². The van der Waals surface area contributed by atoms with Crippen molar-refractivity contribution in [2.75, 3.05) is 13.2 Å². The van der Waals surface area contributed by atoms with E-state index >= 15 is 0 Å². The Morgan fingerprint density at radius 2 is 1.94 bits per heavy atom. The lowest BCUT2D eigenvalue weighted by atomic mass is 9.95. The number of thiophene rings is 1. The first-order chi connectivity index (χ1) is 15.7. The van der Waals surface area contributed by atoms with Crippen molar-refractivity contribution < 1.29 is 9.26 Å². The van der Waals surface area contributed by atoms with Gasteiger partial charge >= 0.3 is 0 Å². The Balaban J connectivity index is 1.33. The van der Waals surface area contributed by atoms with Gasteiger partial charge in [-0.1, -0.05) is 32.9 Å². The Morgan fingerprint density at radius 1 is 1.21 bits per heavy atom. The zero-order valence-corrected chi connectivity index (χ0v) is 21.7. The number of nitrogens with zero attached hydrogens (tertiary/aromatic N) is 2. The molecule has 1 fully saturated rings. The van der Waals surface area contributed by atoms with Crippen LogP contribution < -0.4 is 10.1 Å². The molecule has 2 aliphatic carbocycles. The van der Waals surface area contributed by atoms with E-state index in [1.807, 2.05) is 11.3 Å². The van der Waals surface area contributed by atoms with Crippen LogP contribution in [0, 0.1) is 32.1 Å². The van der Waals surface area contributed by atoms with Crippen LogP contribution in [-0.4, -0.2) is 29.3 Å². The molecule has 5 rings (SSSR count). The number of nitrogens with one attached hydrogen (secondary N) is 1. The molecule has 176 valence electrons. The van der Waals surface area contributed by atoms with Crippen molar-refractivity contribution in [2.24, 2.45) is 11.3 Å². The van der Waals surface area contributed by atoms with Gasteiger partial charge in [-0.2, -0.15) is 4.98 Å². The number of hydrogen-bond donors (Lipinski definition) is 1. The quantitative estimate of drug-likeness (QED) is 0.387. The Hall–Kier alpha value is -2.18. The van der Waals surface area contributed by atoms with E-state index < -0.39 is 0 Å². The maximum Gasteiger partial charge on any atom is 0.268 e. The first kappa shape index (κ1) is 22.6. The highest BCUT2D eigenvalue weighted by Gasteiger charge is 2.63. The summed E-state index contributed by atoms with van der Waals surface area (Å²) in [4.78, 5) is 7.40. The number of aromatic nitrogens is 2. The molecule has 5 nitrogen and oxygen atoms in total. The third-order valence-corrected chi connectivity index (χ3v) is 8.63. The van der Waals surface area contributed by atoms with E-state index in [0.717, 1.165) is 47.7 Å². The monoisotopic (exact) mass is 465 g/mol. The molecule has 0 spiro atoms. The Kier molecular flexibility index (Phi) is 5.65. The lowest BCUT2D eigenvalue weighted by Gasteiger charge is -2.14. The van der Waals surface area contributed by atoms with E-state index in [1.54, 1.807) is 5.56 Å². The van der Waals surface area contributed by atoms with Crippen molar-refractivity contribution in [2.45, 2.75) is 73.3 Å². The minimum absolute atomic E-state index is 0.444. The van der Waals surface area contributed by atoms with Crippen LogP contribution in [0.1, 0.15) is 67.2 Å². The smallest absolute Gasteiger partial charge is 0.268 e. The first-order valence-electron chi connectivity index (χ1n) is 12.1. The summed E-state index contributed by atoms with van der Waals surface area (Å²) >= 11 is 1.81. The lowest BCUT2D eigenvalue weighted by molar-refractivity contribution is 0.302. The Labute approximate surface area is 200 Å². The van der Waals surface area contributed by atoms with Crippen LogP contribution in [0.5, 0.6) is 5.75 Å². The molecule has 2 heterocycles. The average Bonchev–Trinajstić information content (AvgIpc) is 3.24. The summed E-state index contributed by atoms with van der Waals surface area (Å²) < 4.78 is 11.9. The van der Waals surface area contributed by atoms with E-state index in [1.165, 1.54) is 15.3 Å². The number of fused-ring (bicyclic) bond motifs is 3. The average molecular weight is 466 g/mol.